The highest BCUT2D eigenvalue weighted by Crippen LogP contribution is 2.36. The van der Waals surface area contributed by atoms with Crippen molar-refractivity contribution in [2.24, 2.45) is 0 Å². The van der Waals surface area contributed by atoms with Crippen molar-refractivity contribution in [1.29, 1.82) is 0 Å². The topological polar surface area (TPSA) is 48.4 Å². The smallest absolute Gasteiger partial charge is 0.343 e. The van der Waals surface area contributed by atoms with E-state index in [0.29, 0.717) is 22.3 Å². The largest absolute Gasteiger partial charge is 0.482 e. The van der Waals surface area contributed by atoms with Crippen molar-refractivity contribution in [3.05, 3.63) is 58.6 Å². The van der Waals surface area contributed by atoms with Crippen LogP contribution >= 0.6 is 23.2 Å². The van der Waals surface area contributed by atoms with E-state index in [1.807, 2.05) is 0 Å². The number of carbonyl (C=O) groups is 1. The van der Waals surface area contributed by atoms with Gasteiger partial charge in [0.1, 0.15) is 16.7 Å². The molecule has 128 valence electrons. The maximum atomic E-state index is 13.3. The van der Waals surface area contributed by atoms with Gasteiger partial charge >= 0.3 is 5.97 Å². The predicted octanol–water partition coefficient (Wildman–Crippen LogP) is 4.90. The number of rotatable bonds is 4. The first kappa shape index (κ1) is 17.5. The number of esters is 1. The Balaban J connectivity index is 2.07. The first-order valence-electron chi connectivity index (χ1n) is 7.23. The Morgan fingerprint density at radius 1 is 1.12 bits per heavy atom. The fraction of sp³-hybridized carbons (Fsp3) is 0.111. The average molecular weight is 380 g/mol. The van der Waals surface area contributed by atoms with Crippen molar-refractivity contribution in [2.45, 2.75) is 0 Å². The summed E-state index contributed by atoms with van der Waals surface area (Å²) in [6, 6.07) is 9.31. The molecular formula is C18H12Cl2FNO3. The number of hydrogen-bond acceptors (Lipinski definition) is 4. The number of halogens is 3. The molecule has 0 N–H and O–H groups in total. The van der Waals surface area contributed by atoms with E-state index >= 15 is 0 Å². The van der Waals surface area contributed by atoms with Gasteiger partial charge in [0, 0.05) is 22.7 Å². The monoisotopic (exact) mass is 379 g/mol. The van der Waals surface area contributed by atoms with Crippen LogP contribution in [0.5, 0.6) is 5.75 Å². The Kier molecular flexibility index (Phi) is 5.06. The lowest BCUT2D eigenvalue weighted by Crippen LogP contribution is -2.12. The molecule has 0 bridgehead atoms. The Morgan fingerprint density at radius 3 is 2.64 bits per heavy atom. The fourth-order valence-corrected chi connectivity index (χ4v) is 2.88. The Hall–Kier alpha value is -2.37. The van der Waals surface area contributed by atoms with Gasteiger partial charge in [0.15, 0.2) is 6.61 Å². The van der Waals surface area contributed by atoms with E-state index in [9.17, 15) is 9.18 Å². The number of aromatic nitrogens is 1. The molecule has 0 aliphatic carbocycles. The summed E-state index contributed by atoms with van der Waals surface area (Å²) in [5, 5.41) is 1.96. The van der Waals surface area contributed by atoms with Crippen LogP contribution in [0.2, 0.25) is 10.2 Å². The molecule has 4 nitrogen and oxygen atoms in total. The third kappa shape index (κ3) is 3.67. The van der Waals surface area contributed by atoms with Crippen LogP contribution in [-0.4, -0.2) is 24.7 Å². The summed E-state index contributed by atoms with van der Waals surface area (Å²) in [4.78, 5) is 15.4. The minimum Gasteiger partial charge on any atom is -0.482 e. The first-order valence-corrected chi connectivity index (χ1v) is 7.98. The summed E-state index contributed by atoms with van der Waals surface area (Å²) >= 11 is 12.4. The second kappa shape index (κ2) is 7.25. The zero-order valence-corrected chi connectivity index (χ0v) is 14.6. The number of ether oxygens (including phenoxy) is 2. The number of nitrogens with zero attached hydrogens (tertiary/aromatic N) is 1. The van der Waals surface area contributed by atoms with Crippen molar-refractivity contribution in [3.63, 3.8) is 0 Å². The minimum absolute atomic E-state index is 0.212. The quantitative estimate of drug-likeness (QED) is 0.477. The summed E-state index contributed by atoms with van der Waals surface area (Å²) in [7, 11) is 1.28. The maximum absolute atomic E-state index is 13.3. The van der Waals surface area contributed by atoms with Crippen molar-refractivity contribution < 1.29 is 18.7 Å². The Bertz CT molecular complexity index is 962. The molecule has 0 saturated heterocycles. The highest BCUT2D eigenvalue weighted by atomic mass is 35.5. The number of fused-ring (bicyclic) bond motifs is 1. The molecule has 2 aromatic carbocycles. The molecule has 3 aromatic rings. The molecule has 0 spiro atoms. The van der Waals surface area contributed by atoms with E-state index in [4.69, 9.17) is 27.9 Å². The number of hydrogen-bond donors (Lipinski definition) is 0. The lowest BCUT2D eigenvalue weighted by atomic mass is 10.0. The molecule has 7 heteroatoms. The van der Waals surface area contributed by atoms with Crippen LogP contribution < -0.4 is 4.74 Å². The molecule has 0 saturated carbocycles. The highest BCUT2D eigenvalue weighted by molar-refractivity contribution is 6.36. The molecule has 0 amide bonds. The lowest BCUT2D eigenvalue weighted by molar-refractivity contribution is -0.142. The molecule has 0 atom stereocenters. The third-order valence-corrected chi connectivity index (χ3v) is 4.23. The fourth-order valence-electron chi connectivity index (χ4n) is 2.40. The molecule has 25 heavy (non-hydrogen) atoms. The zero-order chi connectivity index (χ0) is 18.0. The minimum atomic E-state index is -0.490. The molecule has 0 unspecified atom stereocenters. The van der Waals surface area contributed by atoms with E-state index in [-0.39, 0.29) is 16.8 Å². The van der Waals surface area contributed by atoms with Gasteiger partial charge in [0.05, 0.1) is 12.1 Å². The summed E-state index contributed by atoms with van der Waals surface area (Å²) < 4.78 is 23.2. The second-order valence-corrected chi connectivity index (χ2v) is 5.92. The van der Waals surface area contributed by atoms with Crippen LogP contribution in [0.25, 0.3) is 21.9 Å². The van der Waals surface area contributed by atoms with Gasteiger partial charge in [-0.3, -0.25) is 0 Å². The summed E-state index contributed by atoms with van der Waals surface area (Å²) in [5.41, 5.74) is 1.35. The lowest BCUT2D eigenvalue weighted by Gasteiger charge is -2.11. The standard InChI is InChI=1S/C18H12Cl2FNO3/c1-24-17(23)9-25-11-3-5-12-14(7-11)18(20)22-8-15(12)13-4-2-10(21)6-16(13)19/h2-8H,9H2,1H3. The van der Waals surface area contributed by atoms with Gasteiger partial charge in [0.2, 0.25) is 0 Å². The van der Waals surface area contributed by atoms with Gasteiger partial charge < -0.3 is 9.47 Å². The summed E-state index contributed by atoms with van der Waals surface area (Å²) in [5.74, 6) is -0.460. The first-order chi connectivity index (χ1) is 12.0. The summed E-state index contributed by atoms with van der Waals surface area (Å²) in [6.07, 6.45) is 1.58. The normalized spacial score (nSPS) is 10.7. The van der Waals surface area contributed by atoms with Crippen LogP contribution in [0.1, 0.15) is 0 Å². The number of benzene rings is 2. The molecular weight excluding hydrogens is 368 g/mol. The Labute approximate surface area is 153 Å². The molecule has 0 aliphatic rings. The van der Waals surface area contributed by atoms with Crippen LogP contribution in [-0.2, 0) is 9.53 Å². The third-order valence-electron chi connectivity index (χ3n) is 3.62. The van der Waals surface area contributed by atoms with Crippen molar-refractivity contribution >= 4 is 39.9 Å². The number of pyridine rings is 1. The van der Waals surface area contributed by atoms with Crippen molar-refractivity contribution in [2.75, 3.05) is 13.7 Å². The number of carbonyl (C=O) groups excluding carboxylic acids is 1. The second-order valence-electron chi connectivity index (χ2n) is 5.16. The molecule has 1 heterocycles. The van der Waals surface area contributed by atoms with Gasteiger partial charge in [-0.05, 0) is 41.8 Å². The van der Waals surface area contributed by atoms with E-state index in [1.165, 1.54) is 19.2 Å². The molecule has 0 radical (unpaired) electrons. The van der Waals surface area contributed by atoms with Crippen LogP contribution in [0.3, 0.4) is 0 Å². The van der Waals surface area contributed by atoms with Crippen molar-refractivity contribution in [1.82, 2.24) is 4.98 Å². The van der Waals surface area contributed by atoms with E-state index in [0.717, 1.165) is 5.39 Å². The van der Waals surface area contributed by atoms with E-state index in [1.54, 1.807) is 30.5 Å². The van der Waals surface area contributed by atoms with Gasteiger partial charge in [-0.1, -0.05) is 23.2 Å². The van der Waals surface area contributed by atoms with E-state index < -0.39 is 11.8 Å². The summed E-state index contributed by atoms with van der Waals surface area (Å²) in [6.45, 7) is -0.212. The maximum Gasteiger partial charge on any atom is 0.343 e. The molecule has 0 fully saturated rings. The van der Waals surface area contributed by atoms with Crippen LogP contribution in [0.15, 0.2) is 42.6 Å². The molecule has 0 aliphatic heterocycles. The van der Waals surface area contributed by atoms with Crippen molar-refractivity contribution in [3.8, 4) is 16.9 Å². The Morgan fingerprint density at radius 2 is 1.92 bits per heavy atom. The van der Waals surface area contributed by atoms with Gasteiger partial charge in [-0.15, -0.1) is 0 Å². The predicted molar refractivity (Wildman–Crippen MR) is 94.7 cm³/mol. The van der Waals surface area contributed by atoms with Crippen LogP contribution in [0.4, 0.5) is 4.39 Å². The van der Waals surface area contributed by atoms with Gasteiger partial charge in [0.25, 0.3) is 0 Å². The van der Waals surface area contributed by atoms with Gasteiger partial charge in [-0.2, -0.15) is 0 Å². The number of methoxy groups -OCH3 is 1. The molecule has 3 rings (SSSR count). The highest BCUT2D eigenvalue weighted by Gasteiger charge is 2.13. The van der Waals surface area contributed by atoms with Crippen LogP contribution in [0, 0.1) is 5.82 Å². The zero-order valence-electron chi connectivity index (χ0n) is 13.1. The SMILES string of the molecule is COC(=O)COc1ccc2c(-c3ccc(F)cc3Cl)cnc(Cl)c2c1. The van der Waals surface area contributed by atoms with Gasteiger partial charge in [-0.25, -0.2) is 14.2 Å². The molecule has 1 aromatic heterocycles. The average Bonchev–Trinajstić information content (AvgIpc) is 2.61. The van der Waals surface area contributed by atoms with E-state index in [2.05, 4.69) is 9.72 Å².